The smallest absolute Gasteiger partial charge is 0.264 e. The molecule has 0 aliphatic rings. The quantitative estimate of drug-likeness (QED) is 0.354. The Balaban J connectivity index is 2.06. The van der Waals surface area contributed by atoms with Crippen LogP contribution in [0.1, 0.15) is 26.3 Å². The third kappa shape index (κ3) is 7.03. The van der Waals surface area contributed by atoms with Gasteiger partial charge >= 0.3 is 0 Å². The fraction of sp³-hybridized carbons (Fsp3) is 0.259. The van der Waals surface area contributed by atoms with Crippen LogP contribution in [-0.2, 0) is 26.2 Å². The van der Waals surface area contributed by atoms with Crippen molar-refractivity contribution in [1.82, 2.24) is 10.2 Å². The Bertz CT molecular complexity index is 1400. The third-order valence-corrected chi connectivity index (χ3v) is 8.14. The van der Waals surface area contributed by atoms with E-state index in [2.05, 4.69) is 5.32 Å². The third-order valence-electron chi connectivity index (χ3n) is 5.70. The number of hydrogen-bond donors (Lipinski definition) is 1. The van der Waals surface area contributed by atoms with Gasteiger partial charge in [-0.2, -0.15) is 0 Å². The lowest BCUT2D eigenvalue weighted by molar-refractivity contribution is -0.139. The van der Waals surface area contributed by atoms with Crippen LogP contribution >= 0.6 is 23.2 Å². The summed E-state index contributed by atoms with van der Waals surface area (Å²) >= 11 is 12.3. The van der Waals surface area contributed by atoms with E-state index in [-0.39, 0.29) is 28.2 Å². The number of carbonyl (C=O) groups excluding carboxylic acids is 2. The SMILES string of the molecule is CC(C)NC(=O)[C@H](C)N(Cc1ccccc1Cl)C(=O)CN(c1ccc(F)c(Cl)c1)S(=O)(=O)c1ccccc1. The van der Waals surface area contributed by atoms with Crippen LogP contribution in [0.5, 0.6) is 0 Å². The molecule has 202 valence electrons. The van der Waals surface area contributed by atoms with Crippen LogP contribution in [-0.4, -0.2) is 43.8 Å². The highest BCUT2D eigenvalue weighted by atomic mass is 35.5. The molecule has 0 aliphatic heterocycles. The highest BCUT2D eigenvalue weighted by Gasteiger charge is 2.33. The van der Waals surface area contributed by atoms with Crippen LogP contribution < -0.4 is 9.62 Å². The first-order valence-corrected chi connectivity index (χ1v) is 14.0. The van der Waals surface area contributed by atoms with Crippen molar-refractivity contribution in [3.8, 4) is 0 Å². The molecule has 0 saturated carbocycles. The average Bonchev–Trinajstić information content (AvgIpc) is 2.88. The summed E-state index contributed by atoms with van der Waals surface area (Å²) in [5, 5.41) is 2.86. The Morgan fingerprint density at radius 2 is 1.55 bits per heavy atom. The van der Waals surface area contributed by atoms with Crippen molar-refractivity contribution in [3.63, 3.8) is 0 Å². The van der Waals surface area contributed by atoms with E-state index in [0.29, 0.717) is 10.6 Å². The van der Waals surface area contributed by atoms with Crippen LogP contribution in [0.15, 0.2) is 77.7 Å². The molecule has 0 aliphatic carbocycles. The van der Waals surface area contributed by atoms with Crippen molar-refractivity contribution >= 4 is 50.7 Å². The number of amides is 2. The summed E-state index contributed by atoms with van der Waals surface area (Å²) in [6, 6.07) is 16.6. The number of nitrogens with one attached hydrogen (secondary N) is 1. The maximum absolute atomic E-state index is 13.9. The number of anilines is 1. The molecule has 1 atom stereocenters. The van der Waals surface area contributed by atoms with Crippen molar-refractivity contribution in [2.45, 2.75) is 44.3 Å². The van der Waals surface area contributed by atoms with Gasteiger partial charge in [-0.1, -0.05) is 59.6 Å². The summed E-state index contributed by atoms with van der Waals surface area (Å²) in [6.45, 7) is 4.41. The molecule has 2 amide bonds. The predicted molar refractivity (Wildman–Crippen MR) is 147 cm³/mol. The largest absolute Gasteiger partial charge is 0.352 e. The second-order valence-electron chi connectivity index (χ2n) is 8.88. The summed E-state index contributed by atoms with van der Waals surface area (Å²) in [7, 11) is -4.28. The van der Waals surface area contributed by atoms with Crippen molar-refractivity contribution in [3.05, 3.63) is 94.2 Å². The number of sulfonamides is 1. The molecule has 38 heavy (non-hydrogen) atoms. The summed E-state index contributed by atoms with van der Waals surface area (Å²) in [5.74, 6) is -1.82. The molecule has 0 bridgehead atoms. The van der Waals surface area contributed by atoms with Crippen LogP contribution in [0.3, 0.4) is 0 Å². The zero-order valence-electron chi connectivity index (χ0n) is 21.1. The number of hydrogen-bond acceptors (Lipinski definition) is 4. The highest BCUT2D eigenvalue weighted by Crippen LogP contribution is 2.28. The van der Waals surface area contributed by atoms with Crippen LogP contribution in [0.2, 0.25) is 10.0 Å². The zero-order chi connectivity index (χ0) is 28.0. The molecule has 0 fully saturated rings. The van der Waals surface area contributed by atoms with E-state index in [1.165, 1.54) is 23.1 Å². The maximum atomic E-state index is 13.9. The molecule has 1 N–H and O–H groups in total. The Kier molecular flexibility index (Phi) is 9.76. The van der Waals surface area contributed by atoms with Crippen molar-refractivity contribution in [2.24, 2.45) is 0 Å². The monoisotopic (exact) mass is 579 g/mol. The fourth-order valence-electron chi connectivity index (χ4n) is 3.69. The van der Waals surface area contributed by atoms with Gasteiger partial charge in [-0.3, -0.25) is 13.9 Å². The Morgan fingerprint density at radius 3 is 2.16 bits per heavy atom. The van der Waals surface area contributed by atoms with Gasteiger partial charge in [0, 0.05) is 17.6 Å². The van der Waals surface area contributed by atoms with Gasteiger partial charge in [0.1, 0.15) is 18.4 Å². The number of carbonyl (C=O) groups is 2. The average molecular weight is 581 g/mol. The summed E-state index contributed by atoms with van der Waals surface area (Å²) in [4.78, 5) is 27.9. The molecule has 11 heteroatoms. The Morgan fingerprint density at radius 1 is 0.921 bits per heavy atom. The van der Waals surface area contributed by atoms with E-state index in [9.17, 15) is 22.4 Å². The van der Waals surface area contributed by atoms with E-state index in [1.807, 2.05) is 0 Å². The number of rotatable bonds is 10. The van der Waals surface area contributed by atoms with Gasteiger partial charge in [0.15, 0.2) is 0 Å². The molecule has 7 nitrogen and oxygen atoms in total. The lowest BCUT2D eigenvalue weighted by Gasteiger charge is -2.32. The van der Waals surface area contributed by atoms with Gasteiger partial charge in [0.25, 0.3) is 10.0 Å². The van der Waals surface area contributed by atoms with Crippen molar-refractivity contribution < 1.29 is 22.4 Å². The van der Waals surface area contributed by atoms with Gasteiger partial charge < -0.3 is 10.2 Å². The molecular weight excluding hydrogens is 552 g/mol. The molecule has 0 heterocycles. The molecule has 0 radical (unpaired) electrons. The minimum absolute atomic E-state index is 0.00872. The van der Waals surface area contributed by atoms with E-state index >= 15 is 0 Å². The zero-order valence-corrected chi connectivity index (χ0v) is 23.4. The normalized spacial score (nSPS) is 12.2. The first-order chi connectivity index (χ1) is 17.9. The number of benzene rings is 3. The van der Waals surface area contributed by atoms with Crippen LogP contribution in [0.25, 0.3) is 0 Å². The molecule has 0 aromatic heterocycles. The summed E-state index contributed by atoms with van der Waals surface area (Å²) in [5.41, 5.74) is 0.569. The fourth-order valence-corrected chi connectivity index (χ4v) is 5.48. The topological polar surface area (TPSA) is 86.8 Å². The molecule has 0 spiro atoms. The summed E-state index contributed by atoms with van der Waals surface area (Å²) < 4.78 is 42.1. The number of halogens is 3. The lowest BCUT2D eigenvalue weighted by Crippen LogP contribution is -2.52. The molecule has 3 aromatic carbocycles. The van der Waals surface area contributed by atoms with Gasteiger partial charge in [-0.05, 0) is 62.7 Å². The van der Waals surface area contributed by atoms with E-state index < -0.39 is 40.2 Å². The van der Waals surface area contributed by atoms with Crippen LogP contribution in [0, 0.1) is 5.82 Å². The lowest BCUT2D eigenvalue weighted by atomic mass is 10.1. The highest BCUT2D eigenvalue weighted by molar-refractivity contribution is 7.92. The maximum Gasteiger partial charge on any atom is 0.264 e. The first-order valence-electron chi connectivity index (χ1n) is 11.8. The molecule has 3 aromatic rings. The van der Waals surface area contributed by atoms with Gasteiger partial charge in [-0.25, -0.2) is 12.8 Å². The van der Waals surface area contributed by atoms with E-state index in [4.69, 9.17) is 23.2 Å². The summed E-state index contributed by atoms with van der Waals surface area (Å²) in [6.07, 6.45) is 0. The first kappa shape index (κ1) is 29.4. The Labute approximate surface area is 232 Å². The minimum Gasteiger partial charge on any atom is -0.352 e. The minimum atomic E-state index is -4.28. The van der Waals surface area contributed by atoms with E-state index in [1.54, 1.807) is 63.2 Å². The number of nitrogens with zero attached hydrogens (tertiary/aromatic N) is 2. The second kappa shape index (κ2) is 12.6. The molecular formula is C27H28Cl2FN3O4S. The molecule has 0 saturated heterocycles. The second-order valence-corrected chi connectivity index (χ2v) is 11.6. The standard InChI is InChI=1S/C27H28Cl2FN3O4S/c1-18(2)31-27(35)19(3)32(16-20-9-7-8-12-23(20)28)26(34)17-33(21-13-14-25(30)24(29)15-21)38(36,37)22-10-5-4-6-11-22/h4-15,18-19H,16-17H2,1-3H3,(H,31,35)/t19-/m0/s1. The van der Waals surface area contributed by atoms with Crippen molar-refractivity contribution in [2.75, 3.05) is 10.8 Å². The van der Waals surface area contributed by atoms with Gasteiger partial charge in [0.05, 0.1) is 15.6 Å². The van der Waals surface area contributed by atoms with Gasteiger partial charge in [-0.15, -0.1) is 0 Å². The predicted octanol–water partition coefficient (Wildman–Crippen LogP) is 5.27. The van der Waals surface area contributed by atoms with E-state index in [0.717, 1.165) is 16.4 Å². The van der Waals surface area contributed by atoms with Crippen molar-refractivity contribution in [1.29, 1.82) is 0 Å². The molecule has 0 unspecified atom stereocenters. The molecule has 3 rings (SSSR count). The Hall–Kier alpha value is -3.14. The van der Waals surface area contributed by atoms with Crippen LogP contribution in [0.4, 0.5) is 10.1 Å². The van der Waals surface area contributed by atoms with Gasteiger partial charge in [0.2, 0.25) is 11.8 Å².